The van der Waals surface area contributed by atoms with Crippen molar-refractivity contribution in [3.63, 3.8) is 0 Å². The van der Waals surface area contributed by atoms with Crippen LogP contribution in [0, 0.1) is 0 Å². The molecular formula is C27H34F3N3O2S. The average Bonchev–Trinajstić information content (AvgIpc) is 3.31. The van der Waals surface area contributed by atoms with Crippen molar-refractivity contribution in [1.82, 2.24) is 9.21 Å². The van der Waals surface area contributed by atoms with E-state index in [4.69, 9.17) is 0 Å². The van der Waals surface area contributed by atoms with Crippen LogP contribution in [0.15, 0.2) is 42.5 Å². The Kier molecular flexibility index (Phi) is 7.34. The Balaban J connectivity index is 1.18. The first-order valence-corrected chi connectivity index (χ1v) is 14.5. The van der Waals surface area contributed by atoms with Gasteiger partial charge < -0.3 is 4.90 Å². The quantitative estimate of drug-likeness (QED) is 0.572. The average molecular weight is 522 g/mol. The Hall–Kier alpha value is -2.10. The van der Waals surface area contributed by atoms with Crippen molar-refractivity contribution in [3.8, 4) is 0 Å². The van der Waals surface area contributed by atoms with Gasteiger partial charge in [0.05, 0.1) is 11.3 Å². The first-order chi connectivity index (χ1) is 17.2. The van der Waals surface area contributed by atoms with E-state index in [0.717, 1.165) is 49.8 Å². The summed E-state index contributed by atoms with van der Waals surface area (Å²) >= 11 is 0. The normalized spacial score (nSPS) is 20.9. The van der Waals surface area contributed by atoms with E-state index >= 15 is 0 Å². The van der Waals surface area contributed by atoms with Gasteiger partial charge in [0, 0.05) is 51.0 Å². The lowest BCUT2D eigenvalue weighted by Gasteiger charge is -2.35. The minimum atomic E-state index is -4.43. The maximum Gasteiger partial charge on any atom is 0.416 e. The number of rotatable bonds is 5. The van der Waals surface area contributed by atoms with E-state index in [1.807, 2.05) is 0 Å². The van der Waals surface area contributed by atoms with E-state index in [1.165, 1.54) is 53.2 Å². The van der Waals surface area contributed by atoms with Crippen LogP contribution in [-0.2, 0) is 34.8 Å². The molecule has 0 spiro atoms. The summed E-state index contributed by atoms with van der Waals surface area (Å²) in [5, 5.41) is 0. The van der Waals surface area contributed by atoms with E-state index < -0.39 is 21.8 Å². The highest BCUT2D eigenvalue weighted by molar-refractivity contribution is 7.88. The molecule has 2 heterocycles. The van der Waals surface area contributed by atoms with Crippen molar-refractivity contribution in [2.75, 3.05) is 44.2 Å². The van der Waals surface area contributed by atoms with Crippen molar-refractivity contribution in [3.05, 3.63) is 64.7 Å². The van der Waals surface area contributed by atoms with Gasteiger partial charge in [0.15, 0.2) is 0 Å². The lowest BCUT2D eigenvalue weighted by molar-refractivity contribution is -0.137. The molecule has 36 heavy (non-hydrogen) atoms. The highest BCUT2D eigenvalue weighted by Crippen LogP contribution is 2.30. The Bertz CT molecular complexity index is 1150. The summed E-state index contributed by atoms with van der Waals surface area (Å²) in [5.74, 6) is -0.290. The van der Waals surface area contributed by atoms with Crippen LogP contribution in [0.5, 0.6) is 0 Å². The molecule has 5 rings (SSSR count). The second-order valence-corrected chi connectivity index (χ2v) is 12.2. The highest BCUT2D eigenvalue weighted by Gasteiger charge is 2.31. The molecule has 0 bridgehead atoms. The van der Waals surface area contributed by atoms with E-state index in [1.54, 1.807) is 0 Å². The first kappa shape index (κ1) is 25.5. The van der Waals surface area contributed by atoms with Gasteiger partial charge in [0.1, 0.15) is 0 Å². The number of piperazine rings is 1. The molecule has 196 valence electrons. The molecule has 0 radical (unpaired) electrons. The summed E-state index contributed by atoms with van der Waals surface area (Å²) in [6.07, 6.45) is 3.07. The molecule has 1 aliphatic carbocycles. The van der Waals surface area contributed by atoms with Crippen molar-refractivity contribution in [2.45, 2.75) is 56.5 Å². The molecule has 0 N–H and O–H groups in total. The molecule has 2 aromatic rings. The van der Waals surface area contributed by atoms with Crippen LogP contribution in [0.25, 0.3) is 0 Å². The number of fused-ring (bicyclic) bond motifs is 1. The predicted octanol–water partition coefficient (Wildman–Crippen LogP) is 4.70. The zero-order chi connectivity index (χ0) is 25.3. The molecule has 0 aromatic heterocycles. The minimum Gasteiger partial charge on any atom is -0.369 e. The molecule has 2 aromatic carbocycles. The lowest BCUT2D eigenvalue weighted by Crippen LogP contribution is -2.49. The van der Waals surface area contributed by atoms with Crippen molar-refractivity contribution in [1.29, 1.82) is 0 Å². The van der Waals surface area contributed by atoms with Crippen LogP contribution in [0.3, 0.4) is 0 Å². The number of nitrogens with zero attached hydrogens (tertiary/aromatic N) is 3. The topological polar surface area (TPSA) is 43.9 Å². The van der Waals surface area contributed by atoms with Crippen LogP contribution in [-0.4, -0.2) is 62.9 Å². The van der Waals surface area contributed by atoms with E-state index in [2.05, 4.69) is 28.0 Å². The second kappa shape index (κ2) is 10.3. The SMILES string of the molecule is O=S(=O)(Cc1ccc(C(F)(F)F)cc1)N1CCN(c2ccc3c(c2)CCN(C2CCCC2)CC3)CC1. The van der Waals surface area contributed by atoms with Crippen molar-refractivity contribution < 1.29 is 21.6 Å². The number of anilines is 1. The van der Waals surface area contributed by atoms with Gasteiger partial charge in [0.25, 0.3) is 0 Å². The molecule has 1 saturated heterocycles. The zero-order valence-electron chi connectivity index (χ0n) is 20.5. The Morgan fingerprint density at radius 2 is 1.44 bits per heavy atom. The van der Waals surface area contributed by atoms with Crippen LogP contribution in [0.4, 0.5) is 18.9 Å². The van der Waals surface area contributed by atoms with Gasteiger partial charge in [-0.15, -0.1) is 0 Å². The van der Waals surface area contributed by atoms with E-state index in [9.17, 15) is 21.6 Å². The van der Waals surface area contributed by atoms with Gasteiger partial charge in [0.2, 0.25) is 10.0 Å². The lowest BCUT2D eigenvalue weighted by atomic mass is 10.0. The summed E-state index contributed by atoms with van der Waals surface area (Å²) < 4.78 is 65.7. The molecule has 9 heteroatoms. The predicted molar refractivity (Wildman–Crippen MR) is 136 cm³/mol. The smallest absolute Gasteiger partial charge is 0.369 e. The van der Waals surface area contributed by atoms with Crippen molar-refractivity contribution >= 4 is 15.7 Å². The highest BCUT2D eigenvalue weighted by atomic mass is 32.2. The molecule has 2 fully saturated rings. The Morgan fingerprint density at radius 3 is 2.08 bits per heavy atom. The van der Waals surface area contributed by atoms with Crippen LogP contribution >= 0.6 is 0 Å². The molecule has 0 atom stereocenters. The summed E-state index contributed by atoms with van der Waals surface area (Å²) in [5.41, 5.74) is 3.57. The molecular weight excluding hydrogens is 487 g/mol. The third-order valence-corrected chi connectivity index (χ3v) is 9.85. The van der Waals surface area contributed by atoms with Crippen LogP contribution in [0.2, 0.25) is 0 Å². The summed E-state index contributed by atoms with van der Waals surface area (Å²) in [6, 6.07) is 11.8. The largest absolute Gasteiger partial charge is 0.416 e. The summed E-state index contributed by atoms with van der Waals surface area (Å²) in [7, 11) is -3.60. The molecule has 3 aliphatic rings. The van der Waals surface area contributed by atoms with Gasteiger partial charge in [-0.1, -0.05) is 31.0 Å². The zero-order valence-corrected chi connectivity index (χ0v) is 21.3. The third kappa shape index (κ3) is 5.73. The monoisotopic (exact) mass is 521 g/mol. The fraction of sp³-hybridized carbons (Fsp3) is 0.556. The van der Waals surface area contributed by atoms with Gasteiger partial charge in [-0.25, -0.2) is 8.42 Å². The van der Waals surface area contributed by atoms with Gasteiger partial charge >= 0.3 is 6.18 Å². The molecule has 2 aliphatic heterocycles. The van der Waals surface area contributed by atoms with Gasteiger partial charge in [-0.3, -0.25) is 4.90 Å². The number of halogens is 3. The number of alkyl halides is 3. The van der Waals surface area contributed by atoms with Crippen molar-refractivity contribution in [2.24, 2.45) is 0 Å². The number of benzene rings is 2. The van der Waals surface area contributed by atoms with Gasteiger partial charge in [-0.05, 0) is 66.6 Å². The fourth-order valence-electron chi connectivity index (χ4n) is 5.88. The van der Waals surface area contributed by atoms with Crippen LogP contribution in [0.1, 0.15) is 47.9 Å². The molecule has 0 unspecified atom stereocenters. The molecule has 5 nitrogen and oxygen atoms in total. The molecule has 1 saturated carbocycles. The number of sulfonamides is 1. The maximum atomic E-state index is 12.9. The van der Waals surface area contributed by atoms with E-state index in [-0.39, 0.29) is 5.75 Å². The van der Waals surface area contributed by atoms with E-state index in [0.29, 0.717) is 31.7 Å². The fourth-order valence-corrected chi connectivity index (χ4v) is 7.39. The Morgan fingerprint density at radius 1 is 0.806 bits per heavy atom. The standard InChI is InChI=1S/C27H34F3N3O2S/c28-27(29,30)24-8-5-21(6-9-24)20-36(34,35)33-17-15-32(16-18-33)26-10-7-22-11-13-31(14-12-23(22)19-26)25-3-1-2-4-25/h5-10,19,25H,1-4,11-18,20H2. The Labute approximate surface area is 211 Å². The van der Waals surface area contributed by atoms with Crippen LogP contribution < -0.4 is 4.90 Å². The number of hydrogen-bond donors (Lipinski definition) is 0. The number of hydrogen-bond acceptors (Lipinski definition) is 4. The first-order valence-electron chi connectivity index (χ1n) is 12.9. The summed E-state index contributed by atoms with van der Waals surface area (Å²) in [6.45, 7) is 4.17. The minimum absolute atomic E-state index is 0.290. The van der Waals surface area contributed by atoms with Gasteiger partial charge in [-0.2, -0.15) is 17.5 Å². The third-order valence-electron chi connectivity index (χ3n) is 8.00. The summed E-state index contributed by atoms with van der Waals surface area (Å²) in [4.78, 5) is 4.91. The second-order valence-electron chi connectivity index (χ2n) is 10.3. The maximum absolute atomic E-state index is 12.9. The molecule has 0 amide bonds.